The Balaban J connectivity index is 0.000000142. The van der Waals surface area contributed by atoms with Crippen molar-refractivity contribution >= 4 is 134 Å². The first-order valence-electron chi connectivity index (χ1n) is 49.1. The maximum Gasteiger partial charge on any atom is 0.0783 e. The van der Waals surface area contributed by atoms with Crippen molar-refractivity contribution in [1.82, 2.24) is 29.9 Å². The maximum absolute atomic E-state index is 7.23. The van der Waals surface area contributed by atoms with Crippen LogP contribution >= 0.6 is 34.0 Å². The molecule has 0 aliphatic heterocycles. The third-order valence-electron chi connectivity index (χ3n) is 24.4. The van der Waals surface area contributed by atoms with Crippen LogP contribution in [0.5, 0.6) is 0 Å². The van der Waals surface area contributed by atoms with Gasteiger partial charge in [0.25, 0.3) is 0 Å². The molecule has 3 fully saturated rings. The van der Waals surface area contributed by atoms with E-state index in [-0.39, 0.29) is 77.0 Å². The molecule has 663 valence electrons. The molecule has 9 aromatic heterocycles. The Morgan fingerprint density at radius 1 is 0.295 bits per heavy atom. The van der Waals surface area contributed by atoms with Gasteiger partial charge in [0.05, 0.1) is 16.1 Å². The van der Waals surface area contributed by atoms with Gasteiger partial charge in [0.2, 0.25) is 0 Å². The number of benzene rings is 9. The number of aryl methyl sites for hydroxylation is 3. The van der Waals surface area contributed by atoms with E-state index in [2.05, 4.69) is 256 Å². The van der Waals surface area contributed by atoms with Gasteiger partial charge < -0.3 is 29.9 Å². The van der Waals surface area contributed by atoms with Crippen LogP contribution in [-0.2, 0) is 60.3 Å². The standard InChI is InChI=1S/3C26H28NSSi.3C12H10N.3Ir/c1-29(2,3)24-14-8-13-23-25(24)21-12-7-11-20(26(21)28-23)22-16-15-19(17-27-22)18-9-5-4-6-10-18;1-29(2,3)24-16-14-20(26-25(24)21-11-7-8-12-23(21)28-26)22-15-13-19(17-27-22)18-9-5-4-6-10-18;1-29(2,3)20-13-15-25-23(16-20)21-10-7-11-22(26(21)28-25)24-14-12-19(17-27-24)18-8-5-4-6-9-18;3*1-10-7-8-12(13-9-10)11-5-3-2-4-6-11;;;/h7-8,12-18H,4-6,9-10H2,1-3H3;7-8,11-13,15-18H,4-6,9-10H2,1-3H3;7,10,12-18H,4-6,8-9H2,1-3H3;3*2-5,7-9H,1H3;;;/q6*-1;;;/i;;;3*1D3;;;. The predicted molar refractivity (Wildman–Crippen MR) is 550 cm³/mol. The average molecular weight is 2330 g/mol. The molecule has 6 nitrogen and oxygen atoms in total. The zero-order valence-electron chi connectivity index (χ0n) is 83.7. The largest absolute Gasteiger partial charge is 0.304 e. The van der Waals surface area contributed by atoms with E-state index in [1.807, 2.05) is 88.6 Å². The fourth-order valence-corrected chi connectivity index (χ4v) is 25.7. The second-order valence-electron chi connectivity index (χ2n) is 36.5. The zero-order valence-corrected chi connectivity index (χ0v) is 87.4. The van der Waals surface area contributed by atoms with Crippen molar-refractivity contribution in [2.24, 2.45) is 0 Å². The van der Waals surface area contributed by atoms with Crippen molar-refractivity contribution in [1.29, 1.82) is 0 Å². The fraction of sp³-hybridized carbons (Fsp3) is 0.263. The van der Waals surface area contributed by atoms with Gasteiger partial charge in [-0.25, -0.2) is 0 Å². The van der Waals surface area contributed by atoms with E-state index in [0.29, 0.717) is 17.8 Å². The van der Waals surface area contributed by atoms with Gasteiger partial charge >= 0.3 is 0 Å². The first kappa shape index (κ1) is 85.6. The van der Waals surface area contributed by atoms with E-state index in [4.69, 9.17) is 27.3 Å². The smallest absolute Gasteiger partial charge is 0.0783 e. The number of rotatable bonds is 12. The minimum absolute atomic E-state index is 0. The first-order valence-corrected chi connectivity index (χ1v) is 57.5. The molecule has 0 bridgehead atoms. The summed E-state index contributed by atoms with van der Waals surface area (Å²) >= 11 is 5.67. The Morgan fingerprint density at radius 3 is 1.09 bits per heavy atom. The Labute approximate surface area is 834 Å². The van der Waals surface area contributed by atoms with Crippen molar-refractivity contribution in [2.75, 3.05) is 0 Å². The third kappa shape index (κ3) is 24.2. The summed E-state index contributed by atoms with van der Waals surface area (Å²) in [5, 5.41) is 13.0. The normalized spacial score (nSPS) is 15.1. The van der Waals surface area contributed by atoms with Crippen molar-refractivity contribution in [3.63, 3.8) is 0 Å². The van der Waals surface area contributed by atoms with Gasteiger partial charge in [0.15, 0.2) is 0 Å². The number of hydrogen-bond acceptors (Lipinski definition) is 9. The summed E-state index contributed by atoms with van der Waals surface area (Å²) in [7, 11) is -4.23. The summed E-state index contributed by atoms with van der Waals surface area (Å²) in [6.07, 6.45) is 30.8. The van der Waals surface area contributed by atoms with Crippen LogP contribution in [0.1, 0.15) is 160 Å². The second kappa shape index (κ2) is 45.0. The second-order valence-corrected chi connectivity index (χ2v) is 54.8. The molecule has 3 saturated carbocycles. The van der Waals surface area contributed by atoms with Gasteiger partial charge in [-0.05, 0) is 193 Å². The molecule has 0 amide bonds. The van der Waals surface area contributed by atoms with Crippen LogP contribution in [0, 0.1) is 57.0 Å². The Morgan fingerprint density at radius 2 is 0.682 bits per heavy atom. The van der Waals surface area contributed by atoms with Gasteiger partial charge in [0, 0.05) is 132 Å². The number of nitrogens with zero attached hydrogens (tertiary/aromatic N) is 6. The summed E-state index contributed by atoms with van der Waals surface area (Å²) in [5.74, 6) is 2.11. The molecule has 15 heteroatoms. The van der Waals surface area contributed by atoms with E-state index in [1.165, 1.54) is 208 Å². The minimum atomic E-state index is -2.09. The zero-order chi connectivity index (χ0) is 94.8. The monoisotopic (exact) mass is 2330 g/mol. The van der Waals surface area contributed by atoms with Gasteiger partial charge in [-0.1, -0.05) is 259 Å². The number of aromatic nitrogens is 6. The molecule has 3 radical (unpaired) electrons. The van der Waals surface area contributed by atoms with E-state index < -0.39 is 44.8 Å². The number of hydrogen-bond donors (Lipinski definition) is 0. The number of thiophene rings is 3. The molecule has 3 aliphatic carbocycles. The average Bonchev–Trinajstić information content (AvgIpc) is 1.58. The number of fused-ring (bicyclic) bond motifs is 9. The van der Waals surface area contributed by atoms with Crippen molar-refractivity contribution in [2.45, 2.75) is 194 Å². The summed E-state index contributed by atoms with van der Waals surface area (Å²) in [5.41, 5.74) is 16.4. The van der Waals surface area contributed by atoms with Gasteiger partial charge in [0.1, 0.15) is 0 Å². The molecular formula is C114H114Ir3N6S3Si3-6. The molecule has 0 atom stereocenters. The van der Waals surface area contributed by atoms with Gasteiger partial charge in [-0.2, -0.15) is 34.0 Å². The molecule has 0 N–H and O–H groups in total. The van der Waals surface area contributed by atoms with Crippen molar-refractivity contribution in [3.8, 4) is 67.5 Å². The molecule has 21 rings (SSSR count). The van der Waals surface area contributed by atoms with Crippen molar-refractivity contribution in [3.05, 3.63) is 344 Å². The molecule has 18 aromatic rings. The molecular weight excluding hydrogens is 2210 g/mol. The van der Waals surface area contributed by atoms with E-state index in [9.17, 15) is 0 Å². The molecule has 9 heterocycles. The summed E-state index contributed by atoms with van der Waals surface area (Å²) in [6.45, 7) is 15.6. The molecule has 0 unspecified atom stereocenters. The maximum atomic E-state index is 7.23. The Bertz CT molecular complexity index is 6800. The minimum Gasteiger partial charge on any atom is -0.304 e. The van der Waals surface area contributed by atoms with E-state index in [0.717, 1.165) is 62.0 Å². The quantitative estimate of drug-likeness (QED) is 0.0896. The van der Waals surface area contributed by atoms with Crippen LogP contribution < -0.4 is 15.6 Å². The Hall–Kier alpha value is -8.86. The van der Waals surface area contributed by atoms with E-state index in [1.54, 1.807) is 59.8 Å². The van der Waals surface area contributed by atoms with E-state index >= 15 is 0 Å². The van der Waals surface area contributed by atoms with Crippen LogP contribution in [0.4, 0.5) is 0 Å². The fourth-order valence-electron chi connectivity index (χ4n) is 17.6. The van der Waals surface area contributed by atoms with Crippen molar-refractivity contribution < 1.29 is 72.7 Å². The van der Waals surface area contributed by atoms with Gasteiger partial charge in [-0.15, -0.1) is 178 Å². The molecule has 0 spiro atoms. The summed E-state index contributed by atoms with van der Waals surface area (Å²) < 4.78 is 73.2. The molecule has 0 saturated heterocycles. The predicted octanol–water partition coefficient (Wildman–Crippen LogP) is 31.1. The SMILES string of the molecule is C[Si](C)(C)c1c[c-]c(-c2ccc(C3CCCCC3)cn2)c2sc3ccccc3c12.C[Si](C)(C)c1ccc2sc3c(-c4ccc(C5CCCCC5)cn4)[c-]ccc3c2c1.C[Si](C)(C)c1cccc2sc3c(-c4ccc(C5CCCCC5)cn4)[c-]ccc3c12.[2H]C([2H])([2H])c1ccc(-c2[c-]cccc2)nc1.[2H]C([2H])([2H])c1ccc(-c2[c-]cccc2)nc1.[2H]C([2H])([2H])c1ccc(-c2[c-]cccc2)nc1.[Ir].[Ir].[Ir]. The first-order chi connectivity index (χ1) is 64.8. The third-order valence-corrected chi connectivity index (χ3v) is 34.1. The topological polar surface area (TPSA) is 77.3 Å². The molecule has 9 aromatic carbocycles. The van der Waals surface area contributed by atoms with Crippen LogP contribution in [0.15, 0.2) is 274 Å². The van der Waals surface area contributed by atoms with Gasteiger partial charge in [-0.3, -0.25) is 0 Å². The van der Waals surface area contributed by atoms with Crippen LogP contribution in [0.3, 0.4) is 0 Å². The van der Waals surface area contributed by atoms with Crippen LogP contribution in [0.25, 0.3) is 128 Å². The summed E-state index contributed by atoms with van der Waals surface area (Å²) in [6, 6.07) is 99.2. The molecule has 3 aliphatic rings. The number of pyridine rings is 6. The Kier molecular flexibility index (Phi) is 29.9. The van der Waals surface area contributed by atoms with Crippen LogP contribution in [-0.4, -0.2) is 54.1 Å². The summed E-state index contributed by atoms with van der Waals surface area (Å²) in [4.78, 5) is 27.1. The molecule has 129 heavy (non-hydrogen) atoms. The van der Waals surface area contributed by atoms with Crippen LogP contribution in [0.2, 0.25) is 58.9 Å².